The fourth-order valence-electron chi connectivity index (χ4n) is 2.44. The summed E-state index contributed by atoms with van der Waals surface area (Å²) in [6.45, 7) is 6.23. The van der Waals surface area contributed by atoms with Gasteiger partial charge in [-0.1, -0.05) is 12.1 Å². The van der Waals surface area contributed by atoms with E-state index in [1.54, 1.807) is 24.0 Å². The van der Waals surface area contributed by atoms with Gasteiger partial charge >= 0.3 is 0 Å². The van der Waals surface area contributed by atoms with Crippen molar-refractivity contribution in [2.45, 2.75) is 18.7 Å². The number of nitrogens with zero attached hydrogens (tertiary/aromatic N) is 2. The molecular weight excluding hydrogens is 338 g/mol. The molecule has 130 valence electrons. The van der Waals surface area contributed by atoms with Crippen LogP contribution in [0.5, 0.6) is 0 Å². The van der Waals surface area contributed by atoms with Crippen LogP contribution in [0.15, 0.2) is 23.1 Å². The molecule has 0 atom stereocenters. The lowest BCUT2D eigenvalue weighted by molar-refractivity contribution is -0.131. The highest BCUT2D eigenvalue weighted by Crippen LogP contribution is 2.20. The smallest absolute Gasteiger partial charge is 0.243 e. The van der Waals surface area contributed by atoms with Gasteiger partial charge in [0.15, 0.2) is 0 Å². The molecule has 1 aliphatic heterocycles. The average molecular weight is 362 g/mol. The quantitative estimate of drug-likeness (QED) is 0.860. The van der Waals surface area contributed by atoms with Crippen molar-refractivity contribution in [1.29, 1.82) is 0 Å². The van der Waals surface area contributed by atoms with E-state index in [1.807, 2.05) is 13.0 Å². The van der Waals surface area contributed by atoms with E-state index in [9.17, 15) is 13.2 Å². The van der Waals surface area contributed by atoms with Gasteiger partial charge in [0.2, 0.25) is 15.9 Å². The normalized spacial score (nSPS) is 15.4. The number of piperazine rings is 1. The predicted molar refractivity (Wildman–Crippen MR) is 92.4 cm³/mol. The van der Waals surface area contributed by atoms with E-state index in [2.05, 4.69) is 5.32 Å². The third kappa shape index (κ3) is 4.67. The van der Waals surface area contributed by atoms with Crippen LogP contribution >= 0.6 is 12.4 Å². The number of likely N-dealkylation sites (N-methyl/N-ethyl adjacent to an activating group) is 1. The van der Waals surface area contributed by atoms with Crippen LogP contribution in [0.4, 0.5) is 0 Å². The van der Waals surface area contributed by atoms with E-state index in [1.165, 1.54) is 7.05 Å². The second-order valence-electron chi connectivity index (χ2n) is 5.66. The largest absolute Gasteiger partial charge is 0.339 e. The van der Waals surface area contributed by atoms with Gasteiger partial charge in [0.25, 0.3) is 0 Å². The first-order valence-electron chi connectivity index (χ1n) is 7.34. The number of hydrogen-bond donors (Lipinski definition) is 1. The van der Waals surface area contributed by atoms with Crippen molar-refractivity contribution in [2.24, 2.45) is 0 Å². The Labute approximate surface area is 144 Å². The van der Waals surface area contributed by atoms with E-state index >= 15 is 0 Å². The minimum atomic E-state index is -3.66. The minimum absolute atomic E-state index is 0. The van der Waals surface area contributed by atoms with Gasteiger partial charge in [-0.05, 0) is 31.0 Å². The summed E-state index contributed by atoms with van der Waals surface area (Å²) in [5, 5.41) is 3.17. The monoisotopic (exact) mass is 361 g/mol. The summed E-state index contributed by atoms with van der Waals surface area (Å²) in [5.41, 5.74) is 1.57. The standard InChI is InChI=1S/C15H23N3O3S.ClH/c1-12-4-5-13(2)14(10-12)22(20,21)17(3)11-15(19)18-8-6-16-7-9-18;/h4-5,10,16H,6-9,11H2,1-3H3;1H. The molecule has 0 aromatic heterocycles. The molecule has 1 fully saturated rings. The summed E-state index contributed by atoms with van der Waals surface area (Å²) in [6.07, 6.45) is 0. The molecule has 1 aliphatic rings. The number of rotatable bonds is 4. The van der Waals surface area contributed by atoms with Crippen molar-refractivity contribution in [1.82, 2.24) is 14.5 Å². The van der Waals surface area contributed by atoms with E-state index in [4.69, 9.17) is 0 Å². The molecule has 8 heteroatoms. The number of aryl methyl sites for hydroxylation is 2. The van der Waals surface area contributed by atoms with Crippen LogP contribution in [0.3, 0.4) is 0 Å². The zero-order valence-electron chi connectivity index (χ0n) is 13.7. The molecule has 0 saturated carbocycles. The molecule has 23 heavy (non-hydrogen) atoms. The molecule has 1 aromatic carbocycles. The number of amides is 1. The maximum absolute atomic E-state index is 12.7. The Balaban J connectivity index is 0.00000264. The lowest BCUT2D eigenvalue weighted by atomic mass is 10.2. The molecule has 0 aliphatic carbocycles. The summed E-state index contributed by atoms with van der Waals surface area (Å²) < 4.78 is 26.5. The van der Waals surface area contributed by atoms with Gasteiger partial charge in [-0.25, -0.2) is 8.42 Å². The highest BCUT2D eigenvalue weighted by molar-refractivity contribution is 7.89. The zero-order valence-corrected chi connectivity index (χ0v) is 15.3. The van der Waals surface area contributed by atoms with Crippen LogP contribution in [0.25, 0.3) is 0 Å². The van der Waals surface area contributed by atoms with Gasteiger partial charge in [0.1, 0.15) is 0 Å². The average Bonchev–Trinajstić information content (AvgIpc) is 2.50. The van der Waals surface area contributed by atoms with Gasteiger partial charge in [0, 0.05) is 33.2 Å². The lowest BCUT2D eigenvalue weighted by Crippen LogP contribution is -2.49. The zero-order chi connectivity index (χ0) is 16.3. The van der Waals surface area contributed by atoms with Crippen LogP contribution in [0, 0.1) is 13.8 Å². The number of nitrogens with one attached hydrogen (secondary N) is 1. The van der Waals surface area contributed by atoms with E-state index in [-0.39, 0.29) is 29.8 Å². The third-order valence-electron chi connectivity index (χ3n) is 3.86. The van der Waals surface area contributed by atoms with Crippen LogP contribution in [0.1, 0.15) is 11.1 Å². The Kier molecular flexibility index (Phi) is 7.01. The topological polar surface area (TPSA) is 69.7 Å². The van der Waals surface area contributed by atoms with Gasteiger partial charge in [0.05, 0.1) is 11.4 Å². The molecule has 0 spiro atoms. The fraction of sp³-hybridized carbons (Fsp3) is 0.533. The Morgan fingerprint density at radius 1 is 1.26 bits per heavy atom. The minimum Gasteiger partial charge on any atom is -0.339 e. The molecule has 0 radical (unpaired) electrons. The van der Waals surface area contributed by atoms with Crippen molar-refractivity contribution < 1.29 is 13.2 Å². The Hall–Kier alpha value is -1.15. The van der Waals surface area contributed by atoms with Crippen molar-refractivity contribution in [3.63, 3.8) is 0 Å². The summed E-state index contributed by atoms with van der Waals surface area (Å²) in [5.74, 6) is -0.155. The highest BCUT2D eigenvalue weighted by atomic mass is 35.5. The van der Waals surface area contributed by atoms with Gasteiger partial charge < -0.3 is 10.2 Å². The van der Waals surface area contributed by atoms with Crippen molar-refractivity contribution in [2.75, 3.05) is 39.8 Å². The predicted octanol–water partition coefficient (Wildman–Crippen LogP) is 0.778. The highest BCUT2D eigenvalue weighted by Gasteiger charge is 2.27. The summed E-state index contributed by atoms with van der Waals surface area (Å²) in [7, 11) is -2.20. The first kappa shape index (κ1) is 19.9. The fourth-order valence-corrected chi connectivity index (χ4v) is 3.87. The van der Waals surface area contributed by atoms with Crippen LogP contribution in [-0.4, -0.2) is 63.3 Å². The first-order chi connectivity index (χ1) is 10.3. The molecule has 1 amide bonds. The number of carbonyl (C=O) groups excluding carboxylic acids is 1. The first-order valence-corrected chi connectivity index (χ1v) is 8.78. The molecule has 2 rings (SSSR count). The number of halogens is 1. The molecule has 6 nitrogen and oxygen atoms in total. The SMILES string of the molecule is Cc1ccc(C)c(S(=O)(=O)N(C)CC(=O)N2CCNCC2)c1.Cl. The number of sulfonamides is 1. The molecular formula is C15H24ClN3O3S. The maximum Gasteiger partial charge on any atom is 0.243 e. The second kappa shape index (κ2) is 8.10. The van der Waals surface area contributed by atoms with Crippen LogP contribution in [-0.2, 0) is 14.8 Å². The summed E-state index contributed by atoms with van der Waals surface area (Å²) >= 11 is 0. The van der Waals surface area contributed by atoms with Crippen molar-refractivity contribution >= 4 is 28.3 Å². The molecule has 1 saturated heterocycles. The molecule has 1 heterocycles. The molecule has 0 bridgehead atoms. The second-order valence-corrected chi connectivity index (χ2v) is 7.67. The lowest BCUT2D eigenvalue weighted by Gasteiger charge is -2.29. The number of hydrogen-bond acceptors (Lipinski definition) is 4. The van der Waals surface area contributed by atoms with Gasteiger partial charge in [-0.2, -0.15) is 4.31 Å². The Morgan fingerprint density at radius 2 is 1.87 bits per heavy atom. The van der Waals surface area contributed by atoms with E-state index < -0.39 is 10.0 Å². The van der Waals surface area contributed by atoms with E-state index in [0.29, 0.717) is 18.7 Å². The van der Waals surface area contributed by atoms with Crippen molar-refractivity contribution in [3.05, 3.63) is 29.3 Å². The number of benzene rings is 1. The maximum atomic E-state index is 12.7. The number of carbonyl (C=O) groups is 1. The van der Waals surface area contributed by atoms with E-state index in [0.717, 1.165) is 23.0 Å². The summed E-state index contributed by atoms with van der Waals surface area (Å²) in [6, 6.07) is 5.31. The molecule has 1 aromatic rings. The van der Waals surface area contributed by atoms with Gasteiger partial charge in [-0.15, -0.1) is 12.4 Å². The van der Waals surface area contributed by atoms with Gasteiger partial charge in [-0.3, -0.25) is 4.79 Å². The Bertz CT molecular complexity index is 658. The Morgan fingerprint density at radius 3 is 2.48 bits per heavy atom. The molecule has 0 unspecified atom stereocenters. The third-order valence-corrected chi connectivity index (χ3v) is 5.80. The van der Waals surface area contributed by atoms with Crippen LogP contribution in [0.2, 0.25) is 0 Å². The molecule has 1 N–H and O–H groups in total. The van der Waals surface area contributed by atoms with Crippen molar-refractivity contribution in [3.8, 4) is 0 Å². The van der Waals surface area contributed by atoms with Crippen LogP contribution < -0.4 is 5.32 Å². The summed E-state index contributed by atoms with van der Waals surface area (Å²) in [4.78, 5) is 14.2.